The zero-order valence-electron chi connectivity index (χ0n) is 7.60. The molecule has 0 saturated carbocycles. The molecule has 0 saturated heterocycles. The quantitative estimate of drug-likeness (QED) is 0.683. The summed E-state index contributed by atoms with van der Waals surface area (Å²) >= 11 is 5.77. The van der Waals surface area contributed by atoms with Crippen LogP contribution in [-0.4, -0.2) is 0 Å². The summed E-state index contributed by atoms with van der Waals surface area (Å²) in [6.45, 7) is 0. The summed E-state index contributed by atoms with van der Waals surface area (Å²) in [5.41, 5.74) is 0.203. The van der Waals surface area contributed by atoms with E-state index in [1.807, 2.05) is 0 Å². The van der Waals surface area contributed by atoms with Gasteiger partial charge in [-0.3, -0.25) is 0 Å². The van der Waals surface area contributed by atoms with Crippen LogP contribution in [-0.2, 0) is 0 Å². The maximum Gasteiger partial charge on any atom is 0.132 e. The first-order valence-corrected chi connectivity index (χ1v) is 4.68. The van der Waals surface area contributed by atoms with Crippen LogP contribution in [0.2, 0.25) is 5.02 Å². The number of hydrogen-bond donors (Lipinski definition) is 0. The van der Waals surface area contributed by atoms with Crippen LogP contribution in [0.1, 0.15) is 0 Å². The first kappa shape index (κ1) is 10.1. The molecule has 0 heterocycles. The van der Waals surface area contributed by atoms with E-state index in [0.29, 0.717) is 0 Å². The zero-order chi connectivity index (χ0) is 10.8. The molecule has 0 N–H and O–H groups in total. The zero-order valence-corrected chi connectivity index (χ0v) is 8.35. The Hall–Kier alpha value is -1.41. The van der Waals surface area contributed by atoms with E-state index in [1.54, 1.807) is 6.07 Å². The highest BCUT2D eigenvalue weighted by molar-refractivity contribution is 6.33. The van der Waals surface area contributed by atoms with Gasteiger partial charge in [0.2, 0.25) is 0 Å². The molecule has 2 rings (SSSR count). The normalized spacial score (nSPS) is 10.3. The SMILES string of the molecule is Fc1ccccc1-c1c(Cl)[c]ccc1F. The summed E-state index contributed by atoms with van der Waals surface area (Å²) in [4.78, 5) is 0. The van der Waals surface area contributed by atoms with E-state index >= 15 is 0 Å². The average Bonchev–Trinajstić information content (AvgIpc) is 2.20. The molecule has 75 valence electrons. The molecule has 0 amide bonds. The minimum Gasteiger partial charge on any atom is -0.206 e. The van der Waals surface area contributed by atoms with Crippen molar-refractivity contribution in [3.05, 3.63) is 59.1 Å². The van der Waals surface area contributed by atoms with Crippen LogP contribution in [0.15, 0.2) is 36.4 Å². The van der Waals surface area contributed by atoms with Gasteiger partial charge in [-0.05, 0) is 18.2 Å². The van der Waals surface area contributed by atoms with Crippen LogP contribution in [0.4, 0.5) is 8.78 Å². The van der Waals surface area contributed by atoms with E-state index in [4.69, 9.17) is 11.6 Å². The van der Waals surface area contributed by atoms with Crippen molar-refractivity contribution < 1.29 is 8.78 Å². The lowest BCUT2D eigenvalue weighted by Gasteiger charge is -2.06. The van der Waals surface area contributed by atoms with Gasteiger partial charge in [0.1, 0.15) is 11.6 Å². The Kier molecular flexibility index (Phi) is 2.69. The largest absolute Gasteiger partial charge is 0.206 e. The predicted octanol–water partition coefficient (Wildman–Crippen LogP) is 4.09. The molecule has 0 atom stereocenters. The molecule has 0 aliphatic carbocycles. The first-order chi connectivity index (χ1) is 7.20. The predicted molar refractivity (Wildman–Crippen MR) is 55.6 cm³/mol. The highest BCUT2D eigenvalue weighted by Crippen LogP contribution is 2.31. The molecule has 0 fully saturated rings. The van der Waals surface area contributed by atoms with Crippen molar-refractivity contribution in [2.75, 3.05) is 0 Å². The van der Waals surface area contributed by atoms with Crippen molar-refractivity contribution in [2.45, 2.75) is 0 Å². The van der Waals surface area contributed by atoms with Crippen molar-refractivity contribution in [3.8, 4) is 11.1 Å². The smallest absolute Gasteiger partial charge is 0.132 e. The molecule has 0 spiro atoms. The fourth-order valence-corrected chi connectivity index (χ4v) is 1.61. The summed E-state index contributed by atoms with van der Waals surface area (Å²) in [7, 11) is 0. The fraction of sp³-hybridized carbons (Fsp3) is 0. The lowest BCUT2D eigenvalue weighted by Crippen LogP contribution is -1.89. The molecule has 2 aromatic rings. The van der Waals surface area contributed by atoms with E-state index in [2.05, 4.69) is 6.07 Å². The molecule has 0 aromatic heterocycles. The van der Waals surface area contributed by atoms with E-state index in [1.165, 1.54) is 30.3 Å². The third-order valence-electron chi connectivity index (χ3n) is 2.04. The summed E-state index contributed by atoms with van der Waals surface area (Å²) in [5, 5.41) is 0.0834. The fourth-order valence-electron chi connectivity index (χ4n) is 1.36. The minimum absolute atomic E-state index is 0.0530. The van der Waals surface area contributed by atoms with Gasteiger partial charge in [0.15, 0.2) is 0 Å². The lowest BCUT2D eigenvalue weighted by atomic mass is 10.0. The molecule has 0 nitrogen and oxygen atoms in total. The Morgan fingerprint density at radius 2 is 1.73 bits per heavy atom. The van der Waals surface area contributed by atoms with Crippen LogP contribution in [0.5, 0.6) is 0 Å². The van der Waals surface area contributed by atoms with Crippen molar-refractivity contribution in [1.29, 1.82) is 0 Å². The number of halogens is 3. The Bertz CT molecular complexity index is 474. The van der Waals surface area contributed by atoms with Gasteiger partial charge in [0, 0.05) is 17.2 Å². The second kappa shape index (κ2) is 3.99. The Balaban J connectivity index is 2.69. The van der Waals surface area contributed by atoms with Gasteiger partial charge in [0.05, 0.1) is 5.02 Å². The highest BCUT2D eigenvalue weighted by atomic mass is 35.5. The second-order valence-corrected chi connectivity index (χ2v) is 3.37. The number of benzene rings is 2. The van der Waals surface area contributed by atoms with E-state index in [9.17, 15) is 8.78 Å². The summed E-state index contributed by atoms with van der Waals surface area (Å²) in [6.07, 6.45) is 0. The monoisotopic (exact) mass is 223 g/mol. The number of rotatable bonds is 1. The van der Waals surface area contributed by atoms with Crippen molar-refractivity contribution >= 4 is 11.6 Å². The standard InChI is InChI=1S/C12H6ClF2/c13-9-5-3-7-11(15)12(9)8-4-1-2-6-10(8)14/h1-4,6-7H. The van der Waals surface area contributed by atoms with E-state index in [0.717, 1.165) is 0 Å². The van der Waals surface area contributed by atoms with E-state index < -0.39 is 11.6 Å². The number of hydrogen-bond acceptors (Lipinski definition) is 0. The van der Waals surface area contributed by atoms with Crippen LogP contribution in [0, 0.1) is 17.7 Å². The maximum atomic E-state index is 13.4. The van der Waals surface area contributed by atoms with Gasteiger partial charge in [0.25, 0.3) is 0 Å². The Morgan fingerprint density at radius 3 is 2.40 bits per heavy atom. The second-order valence-electron chi connectivity index (χ2n) is 2.99. The molecular weight excluding hydrogens is 218 g/mol. The lowest BCUT2D eigenvalue weighted by molar-refractivity contribution is 0.616. The third kappa shape index (κ3) is 1.85. The van der Waals surface area contributed by atoms with Crippen LogP contribution >= 0.6 is 11.6 Å². The van der Waals surface area contributed by atoms with Crippen LogP contribution in [0.3, 0.4) is 0 Å². The molecule has 0 bridgehead atoms. The highest BCUT2D eigenvalue weighted by Gasteiger charge is 2.12. The maximum absolute atomic E-state index is 13.4. The molecule has 0 aliphatic rings. The summed E-state index contributed by atoms with van der Waals surface area (Å²) in [6, 6.07) is 11.1. The molecule has 3 heteroatoms. The molecular formula is C12H6ClF2. The molecule has 0 unspecified atom stereocenters. The van der Waals surface area contributed by atoms with Crippen LogP contribution < -0.4 is 0 Å². The van der Waals surface area contributed by atoms with Crippen molar-refractivity contribution in [3.63, 3.8) is 0 Å². The van der Waals surface area contributed by atoms with Crippen molar-refractivity contribution in [1.82, 2.24) is 0 Å². The topological polar surface area (TPSA) is 0 Å². The minimum atomic E-state index is -0.552. The van der Waals surface area contributed by atoms with E-state index in [-0.39, 0.29) is 16.1 Å². The summed E-state index contributed by atoms with van der Waals surface area (Å²) < 4.78 is 26.8. The van der Waals surface area contributed by atoms with Gasteiger partial charge in [-0.15, -0.1) is 0 Å². The van der Waals surface area contributed by atoms with Gasteiger partial charge in [-0.25, -0.2) is 8.78 Å². The Morgan fingerprint density at radius 1 is 1.00 bits per heavy atom. The first-order valence-electron chi connectivity index (χ1n) is 4.30. The van der Waals surface area contributed by atoms with Crippen LogP contribution in [0.25, 0.3) is 11.1 Å². The average molecular weight is 224 g/mol. The Labute approximate surface area is 91.1 Å². The van der Waals surface area contributed by atoms with Gasteiger partial charge >= 0.3 is 0 Å². The van der Waals surface area contributed by atoms with Gasteiger partial charge in [-0.1, -0.05) is 29.8 Å². The summed E-state index contributed by atoms with van der Waals surface area (Å²) in [5.74, 6) is -1.05. The third-order valence-corrected chi connectivity index (χ3v) is 2.34. The van der Waals surface area contributed by atoms with Gasteiger partial charge < -0.3 is 0 Å². The van der Waals surface area contributed by atoms with Crippen molar-refractivity contribution in [2.24, 2.45) is 0 Å². The molecule has 1 radical (unpaired) electrons. The molecule has 2 aromatic carbocycles. The van der Waals surface area contributed by atoms with Gasteiger partial charge in [-0.2, -0.15) is 0 Å². The molecule has 0 aliphatic heterocycles. The molecule has 15 heavy (non-hydrogen) atoms.